The van der Waals surface area contributed by atoms with Gasteiger partial charge < -0.3 is 10.1 Å². The Morgan fingerprint density at radius 1 is 1.41 bits per heavy atom. The van der Waals surface area contributed by atoms with E-state index < -0.39 is 0 Å². The molecule has 0 saturated carbocycles. The van der Waals surface area contributed by atoms with E-state index in [-0.39, 0.29) is 11.3 Å². The van der Waals surface area contributed by atoms with E-state index in [1.807, 2.05) is 26.0 Å². The first-order valence-corrected chi connectivity index (χ1v) is 6.18. The highest BCUT2D eigenvalue weighted by Crippen LogP contribution is 2.17. The Hall–Kier alpha value is -1.29. The van der Waals surface area contributed by atoms with Crippen molar-refractivity contribution in [3.05, 3.63) is 46.3 Å². The molecule has 3 nitrogen and oxygen atoms in total. The van der Waals surface area contributed by atoms with Crippen LogP contribution in [0, 0.1) is 0 Å². The van der Waals surface area contributed by atoms with Crippen LogP contribution in [0.4, 0.5) is 0 Å². The number of carbonyl (C=O) groups excluding carboxylic acids is 1. The van der Waals surface area contributed by atoms with Crippen LogP contribution in [0.1, 0.15) is 24.2 Å². The third kappa shape index (κ3) is 3.09. The summed E-state index contributed by atoms with van der Waals surface area (Å²) in [7, 11) is 0. The van der Waals surface area contributed by atoms with Gasteiger partial charge in [0.1, 0.15) is 6.61 Å². The molecule has 0 amide bonds. The first kappa shape index (κ1) is 12.2. The fourth-order valence-electron chi connectivity index (χ4n) is 1.56. The molecule has 0 radical (unpaired) electrons. The number of hydrogen-bond donors (Lipinski definition) is 1. The van der Waals surface area contributed by atoms with Gasteiger partial charge in [-0.2, -0.15) is 0 Å². The number of benzene rings is 1. The van der Waals surface area contributed by atoms with E-state index in [0.29, 0.717) is 18.1 Å². The minimum Gasteiger partial charge on any atom is -0.477 e. The summed E-state index contributed by atoms with van der Waals surface area (Å²) >= 11 is 3.33. The molecule has 2 rings (SSSR count). The molecule has 1 saturated heterocycles. The van der Waals surface area contributed by atoms with E-state index in [0.717, 1.165) is 4.47 Å². The lowest BCUT2D eigenvalue weighted by Crippen LogP contribution is -2.34. The van der Waals surface area contributed by atoms with Gasteiger partial charge >= 0.3 is 0 Å². The molecule has 1 aromatic rings. The molecule has 1 fully saturated rings. The molecule has 4 heteroatoms. The van der Waals surface area contributed by atoms with E-state index in [9.17, 15) is 4.79 Å². The smallest absolute Gasteiger partial charge is 0.191 e. The third-order valence-corrected chi connectivity index (χ3v) is 2.97. The molecule has 0 atom stereocenters. The van der Waals surface area contributed by atoms with Crippen LogP contribution in [0.5, 0.6) is 0 Å². The second-order valence-electron chi connectivity index (χ2n) is 4.68. The SMILES string of the molecule is CC1(C)CO/C(=C\C(=O)c2ccc(Br)cc2)N1. The molecular formula is C13H14BrNO2. The Bertz CT molecular complexity index is 463. The van der Waals surface area contributed by atoms with Gasteiger partial charge in [-0.3, -0.25) is 4.79 Å². The molecule has 1 aliphatic rings. The number of allylic oxidation sites excluding steroid dienone is 1. The number of ketones is 1. The summed E-state index contributed by atoms with van der Waals surface area (Å²) in [5.41, 5.74) is 0.544. The Kier molecular flexibility index (Phi) is 3.24. The third-order valence-electron chi connectivity index (χ3n) is 2.44. The van der Waals surface area contributed by atoms with Crippen LogP contribution in [0.15, 0.2) is 40.7 Å². The van der Waals surface area contributed by atoms with E-state index in [2.05, 4.69) is 21.2 Å². The van der Waals surface area contributed by atoms with Crippen molar-refractivity contribution in [2.75, 3.05) is 6.61 Å². The molecule has 0 aliphatic carbocycles. The van der Waals surface area contributed by atoms with Crippen LogP contribution in [0.2, 0.25) is 0 Å². The highest BCUT2D eigenvalue weighted by Gasteiger charge is 2.27. The van der Waals surface area contributed by atoms with Crippen LogP contribution in [-0.2, 0) is 4.74 Å². The number of carbonyl (C=O) groups is 1. The van der Waals surface area contributed by atoms with Gasteiger partial charge in [-0.1, -0.05) is 15.9 Å². The summed E-state index contributed by atoms with van der Waals surface area (Å²) in [6, 6.07) is 7.25. The van der Waals surface area contributed by atoms with E-state index >= 15 is 0 Å². The Balaban J connectivity index is 2.12. The van der Waals surface area contributed by atoms with E-state index in [4.69, 9.17) is 4.74 Å². The first-order chi connectivity index (χ1) is 7.96. The van der Waals surface area contributed by atoms with Gasteiger partial charge in [-0.05, 0) is 38.1 Å². The predicted octanol–water partition coefficient (Wildman–Crippen LogP) is 2.87. The summed E-state index contributed by atoms with van der Waals surface area (Å²) < 4.78 is 6.36. The molecule has 1 aromatic carbocycles. The second kappa shape index (κ2) is 4.53. The zero-order valence-electron chi connectivity index (χ0n) is 9.79. The van der Waals surface area contributed by atoms with Crippen LogP contribution in [0.3, 0.4) is 0 Å². The molecule has 0 spiro atoms. The largest absolute Gasteiger partial charge is 0.477 e. The highest BCUT2D eigenvalue weighted by atomic mass is 79.9. The molecule has 0 aromatic heterocycles. The van der Waals surface area contributed by atoms with Gasteiger partial charge in [-0.25, -0.2) is 0 Å². The zero-order valence-corrected chi connectivity index (χ0v) is 11.4. The van der Waals surface area contributed by atoms with Crippen molar-refractivity contribution in [3.8, 4) is 0 Å². The molecule has 1 N–H and O–H groups in total. The number of halogens is 1. The van der Waals surface area contributed by atoms with Gasteiger partial charge in [-0.15, -0.1) is 0 Å². The lowest BCUT2D eigenvalue weighted by Gasteiger charge is -2.13. The van der Waals surface area contributed by atoms with Crippen LogP contribution in [-0.4, -0.2) is 17.9 Å². The lowest BCUT2D eigenvalue weighted by molar-refractivity contribution is 0.104. The van der Waals surface area contributed by atoms with Gasteiger partial charge in [0.25, 0.3) is 0 Å². The van der Waals surface area contributed by atoms with Crippen LogP contribution < -0.4 is 5.32 Å². The first-order valence-electron chi connectivity index (χ1n) is 5.39. The molecule has 1 heterocycles. The minimum absolute atomic E-state index is 0.0577. The number of nitrogens with one attached hydrogen (secondary N) is 1. The van der Waals surface area contributed by atoms with E-state index in [1.165, 1.54) is 6.08 Å². The minimum atomic E-state index is -0.105. The predicted molar refractivity (Wildman–Crippen MR) is 69.7 cm³/mol. The van der Waals surface area contributed by atoms with Gasteiger partial charge in [0, 0.05) is 16.1 Å². The maximum absolute atomic E-state index is 11.9. The summed E-state index contributed by atoms with van der Waals surface area (Å²) in [4.78, 5) is 11.9. The zero-order chi connectivity index (χ0) is 12.5. The fourth-order valence-corrected chi connectivity index (χ4v) is 1.82. The maximum atomic E-state index is 11.9. The average Bonchev–Trinajstić information content (AvgIpc) is 2.59. The Morgan fingerprint density at radius 3 is 2.59 bits per heavy atom. The quantitative estimate of drug-likeness (QED) is 0.673. The second-order valence-corrected chi connectivity index (χ2v) is 5.59. The normalized spacial score (nSPS) is 19.8. The lowest BCUT2D eigenvalue weighted by atomic mass is 10.1. The van der Waals surface area contributed by atoms with Crippen molar-refractivity contribution in [1.82, 2.24) is 5.32 Å². The van der Waals surface area contributed by atoms with Crippen molar-refractivity contribution < 1.29 is 9.53 Å². The molecule has 17 heavy (non-hydrogen) atoms. The topological polar surface area (TPSA) is 38.3 Å². The summed E-state index contributed by atoms with van der Waals surface area (Å²) in [5, 5.41) is 3.15. The van der Waals surface area contributed by atoms with Crippen molar-refractivity contribution in [2.24, 2.45) is 0 Å². The molecular weight excluding hydrogens is 282 g/mol. The average molecular weight is 296 g/mol. The van der Waals surface area contributed by atoms with E-state index in [1.54, 1.807) is 12.1 Å². The molecule has 1 aliphatic heterocycles. The number of hydrogen-bond acceptors (Lipinski definition) is 3. The van der Waals surface area contributed by atoms with Gasteiger partial charge in [0.15, 0.2) is 11.7 Å². The van der Waals surface area contributed by atoms with Crippen molar-refractivity contribution >= 4 is 21.7 Å². The highest BCUT2D eigenvalue weighted by molar-refractivity contribution is 9.10. The monoisotopic (exact) mass is 295 g/mol. The fraction of sp³-hybridized carbons (Fsp3) is 0.308. The van der Waals surface area contributed by atoms with Crippen LogP contribution in [0.25, 0.3) is 0 Å². The Labute approximate surface area is 109 Å². The summed E-state index contributed by atoms with van der Waals surface area (Å²) in [5.74, 6) is 0.487. The standard InChI is InChI=1S/C13H14BrNO2/c1-13(2)8-17-12(15-13)7-11(16)9-3-5-10(14)6-4-9/h3-7,15H,8H2,1-2H3/b12-7-. The summed E-state index contributed by atoms with van der Waals surface area (Å²) in [6.07, 6.45) is 1.50. The van der Waals surface area contributed by atoms with Gasteiger partial charge in [0.05, 0.1) is 5.54 Å². The van der Waals surface area contributed by atoms with Crippen molar-refractivity contribution in [2.45, 2.75) is 19.4 Å². The Morgan fingerprint density at radius 2 is 2.06 bits per heavy atom. The molecule has 0 unspecified atom stereocenters. The number of ether oxygens (including phenoxy) is 1. The molecule has 0 bridgehead atoms. The number of rotatable bonds is 2. The molecule has 90 valence electrons. The van der Waals surface area contributed by atoms with Crippen molar-refractivity contribution in [3.63, 3.8) is 0 Å². The maximum Gasteiger partial charge on any atom is 0.191 e. The van der Waals surface area contributed by atoms with Gasteiger partial charge in [0.2, 0.25) is 0 Å². The van der Waals surface area contributed by atoms with Crippen molar-refractivity contribution in [1.29, 1.82) is 0 Å². The van der Waals surface area contributed by atoms with Crippen LogP contribution >= 0.6 is 15.9 Å². The summed E-state index contributed by atoms with van der Waals surface area (Å²) in [6.45, 7) is 4.63.